The second-order valence-electron chi connectivity index (χ2n) is 6.72. The second-order valence-corrected chi connectivity index (χ2v) is 6.72. The topological polar surface area (TPSA) is 89.1 Å². The highest BCUT2D eigenvalue weighted by atomic mass is 16.5. The standard InChI is InChI=1S/C21H22N4O3/c1-27-17-10-6-5-9-16(17)18-22-20(25-24-18)23-19(26)21(11-13-28-14-12-21)15-7-3-2-4-8-15/h2-10H,11-14H2,1H3,(H2,22,23,24,25,26). The number of hydrogen-bond acceptors (Lipinski definition) is 5. The number of benzene rings is 2. The Morgan fingerprint density at radius 3 is 2.57 bits per heavy atom. The highest BCUT2D eigenvalue weighted by Gasteiger charge is 2.42. The molecule has 0 unspecified atom stereocenters. The quantitative estimate of drug-likeness (QED) is 0.712. The number of ether oxygens (including phenoxy) is 2. The minimum absolute atomic E-state index is 0.118. The number of nitrogens with one attached hydrogen (secondary N) is 2. The van der Waals surface area contributed by atoms with Crippen LogP contribution in [0.15, 0.2) is 54.6 Å². The lowest BCUT2D eigenvalue weighted by molar-refractivity contribution is -0.125. The fourth-order valence-corrected chi connectivity index (χ4v) is 3.62. The summed E-state index contributed by atoms with van der Waals surface area (Å²) >= 11 is 0. The third-order valence-corrected chi connectivity index (χ3v) is 5.18. The molecular weight excluding hydrogens is 356 g/mol. The number of amides is 1. The van der Waals surface area contributed by atoms with E-state index in [1.807, 2.05) is 54.6 Å². The maximum Gasteiger partial charge on any atom is 0.249 e. The molecule has 2 aromatic carbocycles. The van der Waals surface area contributed by atoms with Gasteiger partial charge in [0.25, 0.3) is 0 Å². The van der Waals surface area contributed by atoms with Gasteiger partial charge in [0.2, 0.25) is 11.9 Å². The lowest BCUT2D eigenvalue weighted by Gasteiger charge is -2.35. The number of anilines is 1. The van der Waals surface area contributed by atoms with Gasteiger partial charge in [-0.1, -0.05) is 42.5 Å². The first kappa shape index (κ1) is 18.2. The molecule has 0 aliphatic carbocycles. The largest absolute Gasteiger partial charge is 0.496 e. The van der Waals surface area contributed by atoms with Gasteiger partial charge in [0.1, 0.15) is 5.75 Å². The van der Waals surface area contributed by atoms with Crippen LogP contribution in [0, 0.1) is 0 Å². The van der Waals surface area contributed by atoms with E-state index in [0.29, 0.717) is 37.6 Å². The molecule has 1 amide bonds. The van der Waals surface area contributed by atoms with E-state index in [2.05, 4.69) is 20.5 Å². The van der Waals surface area contributed by atoms with Gasteiger partial charge in [-0.3, -0.25) is 15.2 Å². The van der Waals surface area contributed by atoms with E-state index >= 15 is 0 Å². The molecule has 28 heavy (non-hydrogen) atoms. The van der Waals surface area contributed by atoms with Crippen LogP contribution in [-0.4, -0.2) is 41.4 Å². The van der Waals surface area contributed by atoms with Crippen LogP contribution in [0.2, 0.25) is 0 Å². The molecule has 1 aromatic heterocycles. The average molecular weight is 378 g/mol. The van der Waals surface area contributed by atoms with Gasteiger partial charge in [-0.05, 0) is 30.5 Å². The lowest BCUT2D eigenvalue weighted by atomic mass is 9.73. The van der Waals surface area contributed by atoms with E-state index in [9.17, 15) is 4.79 Å². The maximum atomic E-state index is 13.3. The number of aromatic amines is 1. The summed E-state index contributed by atoms with van der Waals surface area (Å²) in [7, 11) is 1.60. The summed E-state index contributed by atoms with van der Waals surface area (Å²) in [5, 5.41) is 9.94. The molecule has 1 aliphatic rings. The molecule has 1 fully saturated rings. The smallest absolute Gasteiger partial charge is 0.249 e. The van der Waals surface area contributed by atoms with E-state index in [0.717, 1.165) is 11.1 Å². The summed E-state index contributed by atoms with van der Waals surface area (Å²) in [5.74, 6) is 1.34. The summed E-state index contributed by atoms with van der Waals surface area (Å²) < 4.78 is 10.9. The molecule has 3 aromatic rings. The Kier molecular flexibility index (Phi) is 5.08. The fourth-order valence-electron chi connectivity index (χ4n) is 3.62. The normalized spacial score (nSPS) is 15.8. The molecule has 0 bridgehead atoms. The minimum Gasteiger partial charge on any atom is -0.496 e. The molecule has 2 N–H and O–H groups in total. The van der Waals surface area contributed by atoms with Crippen LogP contribution in [-0.2, 0) is 14.9 Å². The molecule has 144 valence electrons. The zero-order valence-electron chi connectivity index (χ0n) is 15.6. The van der Waals surface area contributed by atoms with Gasteiger partial charge in [0.05, 0.1) is 18.1 Å². The number of nitrogens with zero attached hydrogens (tertiary/aromatic N) is 2. The summed E-state index contributed by atoms with van der Waals surface area (Å²) in [4.78, 5) is 17.7. The molecule has 0 saturated carbocycles. The van der Waals surface area contributed by atoms with Crippen molar-refractivity contribution in [2.75, 3.05) is 25.6 Å². The number of para-hydroxylation sites is 1. The lowest BCUT2D eigenvalue weighted by Crippen LogP contribution is -2.45. The summed E-state index contributed by atoms with van der Waals surface area (Å²) in [6, 6.07) is 17.3. The Balaban J connectivity index is 1.60. The molecule has 0 spiro atoms. The van der Waals surface area contributed by atoms with Gasteiger partial charge in [-0.15, -0.1) is 5.10 Å². The third-order valence-electron chi connectivity index (χ3n) is 5.18. The Hall–Kier alpha value is -3.19. The van der Waals surface area contributed by atoms with Gasteiger partial charge in [-0.25, -0.2) is 0 Å². The molecule has 7 heteroatoms. The molecule has 2 heterocycles. The molecule has 0 radical (unpaired) electrons. The van der Waals surface area contributed by atoms with Crippen LogP contribution in [0.4, 0.5) is 5.95 Å². The molecular formula is C21H22N4O3. The van der Waals surface area contributed by atoms with E-state index in [-0.39, 0.29) is 11.9 Å². The first-order valence-electron chi connectivity index (χ1n) is 9.23. The monoisotopic (exact) mass is 378 g/mol. The SMILES string of the molecule is COc1ccccc1-c1nc(NC(=O)C2(c3ccccc3)CCOCC2)n[nH]1. The van der Waals surface area contributed by atoms with Crippen molar-refractivity contribution in [3.8, 4) is 17.1 Å². The van der Waals surface area contributed by atoms with Crippen molar-refractivity contribution in [2.24, 2.45) is 0 Å². The number of methoxy groups -OCH3 is 1. The number of carbonyl (C=O) groups is 1. The third kappa shape index (κ3) is 3.36. The fraction of sp³-hybridized carbons (Fsp3) is 0.286. The first-order chi connectivity index (χ1) is 13.7. The molecule has 4 rings (SSSR count). The van der Waals surface area contributed by atoms with Gasteiger partial charge in [0, 0.05) is 13.2 Å². The van der Waals surface area contributed by atoms with Crippen LogP contribution in [0.3, 0.4) is 0 Å². The predicted molar refractivity (Wildman–Crippen MR) is 105 cm³/mol. The van der Waals surface area contributed by atoms with Crippen molar-refractivity contribution in [3.63, 3.8) is 0 Å². The van der Waals surface area contributed by atoms with Crippen LogP contribution in [0.1, 0.15) is 18.4 Å². The van der Waals surface area contributed by atoms with Crippen LogP contribution in [0.5, 0.6) is 5.75 Å². The predicted octanol–water partition coefficient (Wildman–Crippen LogP) is 3.17. The Bertz CT molecular complexity index is 949. The number of hydrogen-bond donors (Lipinski definition) is 2. The van der Waals surface area contributed by atoms with Crippen LogP contribution >= 0.6 is 0 Å². The highest BCUT2D eigenvalue weighted by Crippen LogP contribution is 2.36. The van der Waals surface area contributed by atoms with E-state index < -0.39 is 5.41 Å². The van der Waals surface area contributed by atoms with Crippen LogP contribution < -0.4 is 10.1 Å². The van der Waals surface area contributed by atoms with Crippen molar-refractivity contribution in [2.45, 2.75) is 18.3 Å². The zero-order chi connectivity index (χ0) is 19.4. The Labute approximate surface area is 163 Å². The van der Waals surface area contributed by atoms with Gasteiger partial charge < -0.3 is 9.47 Å². The van der Waals surface area contributed by atoms with E-state index in [1.54, 1.807) is 7.11 Å². The highest BCUT2D eigenvalue weighted by molar-refractivity contribution is 5.98. The average Bonchev–Trinajstić information content (AvgIpc) is 3.23. The van der Waals surface area contributed by atoms with Crippen molar-refractivity contribution < 1.29 is 14.3 Å². The van der Waals surface area contributed by atoms with Gasteiger partial charge >= 0.3 is 0 Å². The minimum atomic E-state index is -0.648. The van der Waals surface area contributed by atoms with Crippen molar-refractivity contribution >= 4 is 11.9 Å². The Morgan fingerprint density at radius 2 is 1.82 bits per heavy atom. The zero-order valence-corrected chi connectivity index (χ0v) is 15.6. The molecule has 0 atom stereocenters. The van der Waals surface area contributed by atoms with E-state index in [1.165, 1.54) is 0 Å². The van der Waals surface area contributed by atoms with Gasteiger partial charge in [-0.2, -0.15) is 4.98 Å². The second kappa shape index (κ2) is 7.82. The Morgan fingerprint density at radius 1 is 1.11 bits per heavy atom. The summed E-state index contributed by atoms with van der Waals surface area (Å²) in [6.07, 6.45) is 1.24. The summed E-state index contributed by atoms with van der Waals surface area (Å²) in [6.45, 7) is 1.09. The maximum absolute atomic E-state index is 13.3. The summed E-state index contributed by atoms with van der Waals surface area (Å²) in [5.41, 5.74) is 1.11. The molecule has 7 nitrogen and oxygen atoms in total. The number of rotatable bonds is 5. The van der Waals surface area contributed by atoms with Crippen molar-refractivity contribution in [1.82, 2.24) is 15.2 Å². The molecule has 1 saturated heterocycles. The molecule has 1 aliphatic heterocycles. The van der Waals surface area contributed by atoms with Crippen LogP contribution in [0.25, 0.3) is 11.4 Å². The number of aromatic nitrogens is 3. The van der Waals surface area contributed by atoms with E-state index in [4.69, 9.17) is 9.47 Å². The van der Waals surface area contributed by atoms with Gasteiger partial charge in [0.15, 0.2) is 5.82 Å². The van der Waals surface area contributed by atoms with Crippen molar-refractivity contribution in [3.05, 3.63) is 60.2 Å². The van der Waals surface area contributed by atoms with Crippen molar-refractivity contribution in [1.29, 1.82) is 0 Å². The number of carbonyl (C=O) groups excluding carboxylic acids is 1. The number of H-pyrrole nitrogens is 1. The first-order valence-corrected chi connectivity index (χ1v) is 9.23.